The van der Waals surface area contributed by atoms with E-state index in [0.29, 0.717) is 24.9 Å². The summed E-state index contributed by atoms with van der Waals surface area (Å²) in [6, 6.07) is 7.45. The Bertz CT molecular complexity index is 820. The minimum atomic E-state index is -1.36. The van der Waals surface area contributed by atoms with Crippen LogP contribution in [0, 0.1) is 11.3 Å². The molecule has 1 heterocycles. The van der Waals surface area contributed by atoms with Gasteiger partial charge in [0.15, 0.2) is 0 Å². The van der Waals surface area contributed by atoms with E-state index < -0.39 is 26.0 Å². The van der Waals surface area contributed by atoms with Gasteiger partial charge in [-0.25, -0.2) is 0 Å². The van der Waals surface area contributed by atoms with Gasteiger partial charge in [-0.15, -0.1) is 0 Å². The molecule has 1 fully saturated rings. The van der Waals surface area contributed by atoms with E-state index in [9.17, 15) is 19.5 Å². The molecule has 1 aliphatic rings. The van der Waals surface area contributed by atoms with Gasteiger partial charge in [0, 0.05) is 44.3 Å². The van der Waals surface area contributed by atoms with E-state index in [4.69, 9.17) is 11.1 Å². The SMILES string of the molecule is C[Si](C)(C)CCC(CC(=O)O)NC(=O)CC1CCCN(c2ccc(C(=N)N)cc2)C1=O. The maximum absolute atomic E-state index is 13.0. The lowest BCUT2D eigenvalue weighted by Crippen LogP contribution is -2.44. The molecule has 0 aromatic heterocycles. The molecule has 170 valence electrons. The molecule has 2 atom stereocenters. The highest BCUT2D eigenvalue weighted by atomic mass is 28.3. The number of nitrogen functional groups attached to an aromatic ring is 1. The summed E-state index contributed by atoms with van der Waals surface area (Å²) < 4.78 is 0. The summed E-state index contributed by atoms with van der Waals surface area (Å²) in [5.41, 5.74) is 6.80. The number of aliphatic carboxylic acids is 1. The van der Waals surface area contributed by atoms with Crippen LogP contribution < -0.4 is 16.0 Å². The zero-order valence-electron chi connectivity index (χ0n) is 18.6. The number of benzene rings is 1. The third kappa shape index (κ3) is 7.82. The number of amidine groups is 1. The van der Waals surface area contributed by atoms with Crippen molar-refractivity contribution in [3.05, 3.63) is 29.8 Å². The van der Waals surface area contributed by atoms with Crippen molar-refractivity contribution >= 4 is 37.4 Å². The van der Waals surface area contributed by atoms with Gasteiger partial charge < -0.3 is 21.1 Å². The number of nitrogens with two attached hydrogens (primary N) is 1. The fourth-order valence-corrected chi connectivity index (χ4v) is 4.98. The lowest BCUT2D eigenvalue weighted by atomic mass is 9.92. The van der Waals surface area contributed by atoms with Crippen LogP contribution in [0.3, 0.4) is 0 Å². The Morgan fingerprint density at radius 3 is 2.48 bits per heavy atom. The lowest BCUT2D eigenvalue weighted by molar-refractivity contribution is -0.138. The summed E-state index contributed by atoms with van der Waals surface area (Å²) in [6.45, 7) is 7.22. The topological polar surface area (TPSA) is 137 Å². The average molecular weight is 447 g/mol. The lowest BCUT2D eigenvalue weighted by Gasteiger charge is -2.32. The molecular formula is C22H34N4O4Si. The Morgan fingerprint density at radius 1 is 1.29 bits per heavy atom. The van der Waals surface area contributed by atoms with Crippen LogP contribution in [0.25, 0.3) is 0 Å². The predicted octanol–water partition coefficient (Wildman–Crippen LogP) is 2.79. The van der Waals surface area contributed by atoms with Gasteiger partial charge in [-0.3, -0.25) is 19.8 Å². The Kier molecular flexibility index (Phi) is 8.38. The fraction of sp³-hybridized carbons (Fsp3) is 0.545. The van der Waals surface area contributed by atoms with Gasteiger partial charge in [-0.1, -0.05) is 25.7 Å². The first-order valence-corrected chi connectivity index (χ1v) is 14.4. The zero-order valence-corrected chi connectivity index (χ0v) is 19.6. The van der Waals surface area contributed by atoms with Crippen LogP contribution in [0.5, 0.6) is 0 Å². The van der Waals surface area contributed by atoms with Crippen molar-refractivity contribution in [2.75, 3.05) is 11.4 Å². The first kappa shape index (κ1) is 24.6. The molecule has 1 aromatic rings. The highest BCUT2D eigenvalue weighted by molar-refractivity contribution is 6.76. The third-order valence-corrected chi connectivity index (χ3v) is 7.29. The number of carboxylic acids is 1. The second kappa shape index (κ2) is 10.6. The van der Waals surface area contributed by atoms with E-state index >= 15 is 0 Å². The molecule has 2 amide bonds. The Morgan fingerprint density at radius 2 is 1.94 bits per heavy atom. The molecule has 1 aliphatic heterocycles. The molecule has 0 bridgehead atoms. The zero-order chi connectivity index (χ0) is 23.2. The van der Waals surface area contributed by atoms with E-state index in [1.54, 1.807) is 29.2 Å². The van der Waals surface area contributed by atoms with Crippen molar-refractivity contribution in [2.45, 2.75) is 63.8 Å². The van der Waals surface area contributed by atoms with E-state index in [1.807, 2.05) is 0 Å². The number of hydrogen-bond donors (Lipinski definition) is 4. The number of carbonyl (C=O) groups is 3. The molecule has 5 N–H and O–H groups in total. The summed E-state index contributed by atoms with van der Waals surface area (Å²) >= 11 is 0. The quantitative estimate of drug-likeness (QED) is 0.249. The molecule has 0 aliphatic carbocycles. The predicted molar refractivity (Wildman–Crippen MR) is 124 cm³/mol. The smallest absolute Gasteiger partial charge is 0.305 e. The van der Waals surface area contributed by atoms with Crippen LogP contribution in [-0.2, 0) is 14.4 Å². The van der Waals surface area contributed by atoms with Crippen LogP contribution in [0.4, 0.5) is 5.69 Å². The summed E-state index contributed by atoms with van der Waals surface area (Å²) in [5, 5.41) is 19.5. The van der Waals surface area contributed by atoms with Crippen molar-refractivity contribution in [1.29, 1.82) is 5.41 Å². The van der Waals surface area contributed by atoms with Crippen molar-refractivity contribution in [3.63, 3.8) is 0 Å². The fourth-order valence-electron chi connectivity index (χ4n) is 3.77. The van der Waals surface area contributed by atoms with Crippen molar-refractivity contribution in [2.24, 2.45) is 11.7 Å². The van der Waals surface area contributed by atoms with Gasteiger partial charge in [-0.2, -0.15) is 0 Å². The van der Waals surface area contributed by atoms with Crippen LogP contribution in [0.1, 0.15) is 37.7 Å². The van der Waals surface area contributed by atoms with E-state index in [1.165, 1.54) is 0 Å². The Hall–Kier alpha value is -2.68. The van der Waals surface area contributed by atoms with Gasteiger partial charge in [0.1, 0.15) is 5.84 Å². The van der Waals surface area contributed by atoms with Crippen molar-refractivity contribution < 1.29 is 19.5 Å². The van der Waals surface area contributed by atoms with E-state index in [-0.39, 0.29) is 30.5 Å². The minimum Gasteiger partial charge on any atom is -0.481 e. The van der Waals surface area contributed by atoms with Crippen LogP contribution >= 0.6 is 0 Å². The number of carboxylic acid groups (broad SMARTS) is 1. The largest absolute Gasteiger partial charge is 0.481 e. The van der Waals surface area contributed by atoms with Gasteiger partial charge in [0.25, 0.3) is 0 Å². The maximum atomic E-state index is 13.0. The summed E-state index contributed by atoms with van der Waals surface area (Å²) in [7, 11) is -1.36. The standard InChI is InChI=1S/C22H34N4O4Si/c1-31(2,3)12-10-17(14-20(28)29)25-19(27)13-16-5-4-11-26(22(16)30)18-8-6-15(7-9-18)21(23)24/h6-9,16-17H,4-5,10-14H2,1-3H3,(H3,23,24)(H,25,27)(H,28,29). The Balaban J connectivity index is 1.99. The molecule has 1 aromatic carbocycles. The highest BCUT2D eigenvalue weighted by Crippen LogP contribution is 2.27. The van der Waals surface area contributed by atoms with Gasteiger partial charge in [0.2, 0.25) is 11.8 Å². The van der Waals surface area contributed by atoms with Crippen LogP contribution in [0.15, 0.2) is 24.3 Å². The second-order valence-electron chi connectivity index (χ2n) is 9.46. The molecule has 0 spiro atoms. The normalized spacial score (nSPS) is 17.8. The molecule has 8 nitrogen and oxygen atoms in total. The monoisotopic (exact) mass is 446 g/mol. The molecule has 31 heavy (non-hydrogen) atoms. The third-order valence-electron chi connectivity index (χ3n) is 5.50. The number of nitrogens with one attached hydrogen (secondary N) is 2. The van der Waals surface area contributed by atoms with Crippen molar-refractivity contribution in [3.8, 4) is 0 Å². The van der Waals surface area contributed by atoms with Gasteiger partial charge in [-0.05, 0) is 43.5 Å². The maximum Gasteiger partial charge on any atom is 0.305 e. The molecule has 0 saturated carbocycles. The number of hydrogen-bond acceptors (Lipinski definition) is 4. The van der Waals surface area contributed by atoms with E-state index in [0.717, 1.165) is 18.2 Å². The molecule has 2 unspecified atom stereocenters. The number of amides is 2. The number of carbonyl (C=O) groups excluding carboxylic acids is 2. The van der Waals surface area contributed by atoms with Gasteiger partial charge in [0.05, 0.1) is 6.42 Å². The minimum absolute atomic E-state index is 0.0314. The molecule has 2 rings (SSSR count). The average Bonchev–Trinajstić information content (AvgIpc) is 2.67. The highest BCUT2D eigenvalue weighted by Gasteiger charge is 2.32. The number of rotatable bonds is 10. The number of anilines is 1. The molecular weight excluding hydrogens is 412 g/mol. The van der Waals surface area contributed by atoms with Gasteiger partial charge >= 0.3 is 5.97 Å². The summed E-state index contributed by atoms with van der Waals surface area (Å²) in [5.74, 6) is -1.77. The molecule has 1 saturated heterocycles. The van der Waals surface area contributed by atoms with E-state index in [2.05, 4.69) is 25.0 Å². The first-order chi connectivity index (χ1) is 14.5. The first-order valence-electron chi connectivity index (χ1n) is 10.7. The Labute approximate surface area is 184 Å². The van der Waals surface area contributed by atoms with Crippen LogP contribution in [0.2, 0.25) is 25.7 Å². The van der Waals surface area contributed by atoms with Crippen LogP contribution in [-0.4, -0.2) is 49.4 Å². The number of piperidine rings is 1. The molecule has 9 heteroatoms. The number of nitrogens with zero attached hydrogens (tertiary/aromatic N) is 1. The molecule has 0 radical (unpaired) electrons. The summed E-state index contributed by atoms with van der Waals surface area (Å²) in [6.07, 6.45) is 2.01. The van der Waals surface area contributed by atoms with Crippen molar-refractivity contribution in [1.82, 2.24) is 5.32 Å². The summed E-state index contributed by atoms with van der Waals surface area (Å²) in [4.78, 5) is 38.5. The second-order valence-corrected chi connectivity index (χ2v) is 15.1.